The van der Waals surface area contributed by atoms with E-state index in [9.17, 15) is 14.4 Å². The molecule has 23 heavy (non-hydrogen) atoms. The predicted octanol–water partition coefficient (Wildman–Crippen LogP) is 1.37. The maximum atomic E-state index is 12.7. The summed E-state index contributed by atoms with van der Waals surface area (Å²) in [5.74, 6) is 0.828. The second-order valence-electron chi connectivity index (χ2n) is 5.94. The van der Waals surface area contributed by atoms with Crippen LogP contribution in [0.4, 0.5) is 0 Å². The zero-order valence-electron chi connectivity index (χ0n) is 14.3. The van der Waals surface area contributed by atoms with Gasteiger partial charge in [0, 0.05) is 26.6 Å². The summed E-state index contributed by atoms with van der Waals surface area (Å²) in [4.78, 5) is 40.7. The van der Waals surface area contributed by atoms with Crippen molar-refractivity contribution in [3.8, 4) is 0 Å². The third-order valence-electron chi connectivity index (χ3n) is 4.07. The fourth-order valence-corrected chi connectivity index (χ4v) is 2.74. The van der Waals surface area contributed by atoms with Gasteiger partial charge in [-0.25, -0.2) is 9.78 Å². The fourth-order valence-electron chi connectivity index (χ4n) is 2.74. The van der Waals surface area contributed by atoms with Crippen molar-refractivity contribution in [1.29, 1.82) is 0 Å². The Morgan fingerprint density at radius 1 is 1.13 bits per heavy atom. The molecule has 0 aliphatic carbocycles. The average Bonchev–Trinajstić information content (AvgIpc) is 2.78. The summed E-state index contributed by atoms with van der Waals surface area (Å²) in [6.45, 7) is 6.20. The molecule has 0 N–H and O–H groups in total. The lowest BCUT2D eigenvalue weighted by Gasteiger charge is -2.11. The summed E-state index contributed by atoms with van der Waals surface area (Å²) in [5.41, 5.74) is 0.303. The van der Waals surface area contributed by atoms with Gasteiger partial charge in [0.15, 0.2) is 11.2 Å². The average molecular weight is 320 g/mol. The quantitative estimate of drug-likeness (QED) is 0.722. The van der Waals surface area contributed by atoms with E-state index in [4.69, 9.17) is 0 Å². The standard InChI is InChI=1S/C16H24N4O3/c1-5-9-19-14-13(18(4)12(3)17-14)15(22)20(16(19)23)10-7-6-8-11(2)21/h5-10H2,1-4H3. The number of rotatable bonds is 7. The zero-order valence-corrected chi connectivity index (χ0v) is 14.3. The first-order valence-electron chi connectivity index (χ1n) is 8.04. The number of nitrogens with zero attached hydrogens (tertiary/aromatic N) is 4. The molecule has 2 aromatic heterocycles. The van der Waals surface area contributed by atoms with Crippen LogP contribution in [0.15, 0.2) is 9.59 Å². The van der Waals surface area contributed by atoms with Crippen molar-refractivity contribution in [3.05, 3.63) is 26.7 Å². The maximum absolute atomic E-state index is 12.7. The van der Waals surface area contributed by atoms with Gasteiger partial charge in [-0.1, -0.05) is 6.92 Å². The topological polar surface area (TPSA) is 78.9 Å². The molecule has 0 aromatic carbocycles. The first-order valence-corrected chi connectivity index (χ1v) is 8.04. The van der Waals surface area contributed by atoms with Crippen molar-refractivity contribution in [1.82, 2.24) is 18.7 Å². The van der Waals surface area contributed by atoms with Gasteiger partial charge in [-0.05, 0) is 33.1 Å². The van der Waals surface area contributed by atoms with Crippen molar-refractivity contribution < 1.29 is 4.79 Å². The van der Waals surface area contributed by atoms with Crippen LogP contribution in [0.5, 0.6) is 0 Å². The van der Waals surface area contributed by atoms with Crippen LogP contribution in [0.2, 0.25) is 0 Å². The molecule has 0 saturated heterocycles. The Morgan fingerprint density at radius 2 is 1.83 bits per heavy atom. The molecule has 0 bridgehead atoms. The normalized spacial score (nSPS) is 11.3. The molecule has 2 aromatic rings. The first-order chi connectivity index (χ1) is 10.9. The summed E-state index contributed by atoms with van der Waals surface area (Å²) in [5, 5.41) is 0. The number of hydrogen-bond acceptors (Lipinski definition) is 4. The van der Waals surface area contributed by atoms with Gasteiger partial charge < -0.3 is 9.36 Å². The number of hydrogen-bond donors (Lipinski definition) is 0. The molecule has 0 amide bonds. The van der Waals surface area contributed by atoms with Gasteiger partial charge >= 0.3 is 5.69 Å². The molecular weight excluding hydrogens is 296 g/mol. The van der Waals surface area contributed by atoms with E-state index in [1.54, 1.807) is 23.1 Å². The van der Waals surface area contributed by atoms with E-state index in [1.165, 1.54) is 4.57 Å². The number of unbranched alkanes of at least 4 members (excludes halogenated alkanes) is 1. The van der Waals surface area contributed by atoms with Gasteiger partial charge in [0.25, 0.3) is 5.56 Å². The van der Waals surface area contributed by atoms with Crippen molar-refractivity contribution in [2.45, 2.75) is 59.5 Å². The van der Waals surface area contributed by atoms with Crippen LogP contribution in [0, 0.1) is 6.92 Å². The van der Waals surface area contributed by atoms with Crippen LogP contribution < -0.4 is 11.2 Å². The highest BCUT2D eigenvalue weighted by Gasteiger charge is 2.18. The highest BCUT2D eigenvalue weighted by atomic mass is 16.2. The summed E-state index contributed by atoms with van der Waals surface area (Å²) >= 11 is 0. The van der Waals surface area contributed by atoms with Crippen LogP contribution in [-0.4, -0.2) is 24.5 Å². The summed E-state index contributed by atoms with van der Waals surface area (Å²) in [7, 11) is 1.78. The number of ketones is 1. The molecule has 0 saturated carbocycles. The van der Waals surface area contributed by atoms with E-state index in [2.05, 4.69) is 4.98 Å². The molecule has 0 unspecified atom stereocenters. The molecular formula is C16H24N4O3. The zero-order chi connectivity index (χ0) is 17.1. The largest absolute Gasteiger partial charge is 0.332 e. The van der Waals surface area contributed by atoms with Crippen molar-refractivity contribution in [2.75, 3.05) is 0 Å². The number of fused-ring (bicyclic) bond motifs is 1. The molecule has 126 valence electrons. The second-order valence-corrected chi connectivity index (χ2v) is 5.94. The molecule has 2 heterocycles. The number of Topliss-reactive ketones (excluding diaryl/α,β-unsaturated/α-hetero) is 1. The minimum atomic E-state index is -0.315. The molecule has 0 atom stereocenters. The third-order valence-corrected chi connectivity index (χ3v) is 4.07. The van der Waals surface area contributed by atoms with E-state index in [0.717, 1.165) is 6.42 Å². The number of aryl methyl sites for hydroxylation is 3. The molecule has 0 fully saturated rings. The Balaban J connectivity index is 2.51. The van der Waals surface area contributed by atoms with E-state index < -0.39 is 0 Å². The molecule has 0 spiro atoms. The van der Waals surface area contributed by atoms with Crippen molar-refractivity contribution >= 4 is 16.9 Å². The van der Waals surface area contributed by atoms with Crippen molar-refractivity contribution in [2.24, 2.45) is 7.05 Å². The van der Waals surface area contributed by atoms with Crippen LogP contribution in [0.3, 0.4) is 0 Å². The van der Waals surface area contributed by atoms with Crippen LogP contribution in [-0.2, 0) is 24.9 Å². The predicted molar refractivity (Wildman–Crippen MR) is 88.8 cm³/mol. The van der Waals surface area contributed by atoms with E-state index in [-0.39, 0.29) is 17.0 Å². The van der Waals surface area contributed by atoms with Gasteiger partial charge in [-0.3, -0.25) is 13.9 Å². The number of imidazole rings is 1. The van der Waals surface area contributed by atoms with Gasteiger partial charge in [-0.15, -0.1) is 0 Å². The maximum Gasteiger partial charge on any atom is 0.332 e. The lowest BCUT2D eigenvalue weighted by atomic mass is 10.2. The Hall–Kier alpha value is -2.18. The number of aromatic nitrogens is 4. The number of carbonyl (C=O) groups is 1. The Bertz CT molecular complexity index is 842. The minimum absolute atomic E-state index is 0.124. The summed E-state index contributed by atoms with van der Waals surface area (Å²) < 4.78 is 4.59. The second kappa shape index (κ2) is 6.93. The third kappa shape index (κ3) is 3.28. The first kappa shape index (κ1) is 17.2. The van der Waals surface area contributed by atoms with Gasteiger partial charge in [0.05, 0.1) is 0 Å². The molecule has 7 heteroatoms. The Labute approximate surface area is 134 Å². The monoisotopic (exact) mass is 320 g/mol. The molecule has 2 rings (SSSR count). The molecule has 7 nitrogen and oxygen atoms in total. The van der Waals surface area contributed by atoms with Gasteiger partial charge in [0.1, 0.15) is 11.6 Å². The van der Waals surface area contributed by atoms with Gasteiger partial charge in [-0.2, -0.15) is 0 Å². The Kier molecular flexibility index (Phi) is 5.18. The number of carbonyl (C=O) groups excluding carboxylic acids is 1. The van der Waals surface area contributed by atoms with Gasteiger partial charge in [0.2, 0.25) is 0 Å². The highest BCUT2D eigenvalue weighted by molar-refractivity contribution is 5.75. The SMILES string of the molecule is CCCn1c(=O)n(CCCCC(C)=O)c(=O)c2c1nc(C)n2C. The van der Waals surface area contributed by atoms with Crippen molar-refractivity contribution in [3.63, 3.8) is 0 Å². The lowest BCUT2D eigenvalue weighted by molar-refractivity contribution is -0.117. The molecule has 0 radical (unpaired) electrons. The van der Waals surface area contributed by atoms with E-state index >= 15 is 0 Å². The Morgan fingerprint density at radius 3 is 2.43 bits per heavy atom. The summed E-state index contributed by atoms with van der Waals surface area (Å²) in [6.07, 6.45) is 2.57. The van der Waals surface area contributed by atoms with E-state index in [0.29, 0.717) is 49.3 Å². The highest BCUT2D eigenvalue weighted by Crippen LogP contribution is 2.09. The van der Waals surface area contributed by atoms with Crippen LogP contribution in [0.1, 0.15) is 45.4 Å². The van der Waals surface area contributed by atoms with Crippen LogP contribution in [0.25, 0.3) is 11.2 Å². The van der Waals surface area contributed by atoms with E-state index in [1.807, 2.05) is 13.8 Å². The fraction of sp³-hybridized carbons (Fsp3) is 0.625. The lowest BCUT2D eigenvalue weighted by Crippen LogP contribution is -2.40. The van der Waals surface area contributed by atoms with Crippen LogP contribution >= 0.6 is 0 Å². The summed E-state index contributed by atoms with van der Waals surface area (Å²) in [6, 6.07) is 0. The smallest absolute Gasteiger partial charge is 0.325 e. The molecule has 0 aliphatic rings. The minimum Gasteiger partial charge on any atom is -0.325 e. The molecule has 0 aliphatic heterocycles.